The summed E-state index contributed by atoms with van der Waals surface area (Å²) >= 11 is 0. The third-order valence-electron chi connectivity index (χ3n) is 4.14. The first-order valence-electron chi connectivity index (χ1n) is 8.31. The zero-order valence-corrected chi connectivity index (χ0v) is 13.8. The highest BCUT2D eigenvalue weighted by atomic mass is 16.6. The van der Waals surface area contributed by atoms with Gasteiger partial charge >= 0.3 is 0 Å². The molecule has 24 heavy (non-hydrogen) atoms. The summed E-state index contributed by atoms with van der Waals surface area (Å²) in [6.45, 7) is 2.21. The van der Waals surface area contributed by atoms with Crippen molar-refractivity contribution in [3.05, 3.63) is 71.8 Å². The van der Waals surface area contributed by atoms with Crippen LogP contribution in [0.4, 0.5) is 0 Å². The van der Waals surface area contributed by atoms with E-state index in [0.29, 0.717) is 39.5 Å². The molecule has 1 atom stereocenters. The molecule has 0 radical (unpaired) electrons. The van der Waals surface area contributed by atoms with Gasteiger partial charge in [0.1, 0.15) is 5.60 Å². The largest absolute Gasteiger partial charge is 0.391 e. The van der Waals surface area contributed by atoms with Gasteiger partial charge in [-0.1, -0.05) is 60.7 Å². The Morgan fingerprint density at radius 2 is 1.38 bits per heavy atom. The number of aliphatic hydroxyl groups excluding tert-OH is 1. The van der Waals surface area contributed by atoms with Crippen LogP contribution in [0.1, 0.15) is 17.5 Å². The van der Waals surface area contributed by atoms with Crippen molar-refractivity contribution < 1.29 is 19.3 Å². The maximum atomic E-state index is 9.86. The SMILES string of the molecule is O[C@H]1COC(COCc2ccccc2)(COCc2ccccc2)C1. The molecular weight excluding hydrogens is 304 g/mol. The molecule has 1 aliphatic rings. The van der Waals surface area contributed by atoms with Gasteiger partial charge in [0.2, 0.25) is 0 Å². The molecule has 2 aromatic carbocycles. The summed E-state index contributed by atoms with van der Waals surface area (Å²) in [4.78, 5) is 0. The van der Waals surface area contributed by atoms with Crippen molar-refractivity contribution in [3.63, 3.8) is 0 Å². The van der Waals surface area contributed by atoms with E-state index >= 15 is 0 Å². The van der Waals surface area contributed by atoms with Crippen molar-refractivity contribution in [1.29, 1.82) is 0 Å². The number of benzene rings is 2. The van der Waals surface area contributed by atoms with Gasteiger partial charge in [0.25, 0.3) is 0 Å². The lowest BCUT2D eigenvalue weighted by Crippen LogP contribution is -2.39. The normalized spacial score (nSPS) is 19.5. The highest BCUT2D eigenvalue weighted by molar-refractivity contribution is 5.14. The van der Waals surface area contributed by atoms with Crippen LogP contribution in [0.25, 0.3) is 0 Å². The molecule has 1 saturated heterocycles. The lowest BCUT2D eigenvalue weighted by Gasteiger charge is -2.28. The Balaban J connectivity index is 1.50. The van der Waals surface area contributed by atoms with E-state index < -0.39 is 11.7 Å². The number of hydrogen-bond donors (Lipinski definition) is 1. The van der Waals surface area contributed by atoms with Gasteiger partial charge in [0.05, 0.1) is 39.1 Å². The van der Waals surface area contributed by atoms with E-state index in [1.54, 1.807) is 0 Å². The summed E-state index contributed by atoms with van der Waals surface area (Å²) in [5, 5.41) is 9.86. The zero-order chi connectivity index (χ0) is 16.7. The van der Waals surface area contributed by atoms with Crippen LogP contribution >= 0.6 is 0 Å². The van der Waals surface area contributed by atoms with Crippen molar-refractivity contribution in [3.8, 4) is 0 Å². The molecule has 3 rings (SSSR count). The van der Waals surface area contributed by atoms with Crippen LogP contribution in [-0.2, 0) is 27.4 Å². The van der Waals surface area contributed by atoms with Crippen molar-refractivity contribution in [2.45, 2.75) is 31.3 Å². The molecule has 128 valence electrons. The van der Waals surface area contributed by atoms with Crippen molar-refractivity contribution in [2.24, 2.45) is 0 Å². The Morgan fingerprint density at radius 1 is 0.875 bits per heavy atom. The Labute approximate surface area is 143 Å². The van der Waals surface area contributed by atoms with Crippen LogP contribution in [0.2, 0.25) is 0 Å². The number of rotatable bonds is 8. The Morgan fingerprint density at radius 3 is 1.79 bits per heavy atom. The second-order valence-electron chi connectivity index (χ2n) is 6.31. The summed E-state index contributed by atoms with van der Waals surface area (Å²) in [5.41, 5.74) is 1.68. The fourth-order valence-corrected chi connectivity index (χ4v) is 2.92. The van der Waals surface area contributed by atoms with Crippen LogP contribution in [0.15, 0.2) is 60.7 Å². The van der Waals surface area contributed by atoms with E-state index in [2.05, 4.69) is 0 Å². The third kappa shape index (κ3) is 4.89. The third-order valence-corrected chi connectivity index (χ3v) is 4.14. The number of ether oxygens (including phenoxy) is 3. The highest BCUT2D eigenvalue weighted by Gasteiger charge is 2.40. The summed E-state index contributed by atoms with van der Waals surface area (Å²) < 4.78 is 17.5. The van der Waals surface area contributed by atoms with E-state index in [-0.39, 0.29) is 0 Å². The first-order valence-corrected chi connectivity index (χ1v) is 8.31. The monoisotopic (exact) mass is 328 g/mol. The van der Waals surface area contributed by atoms with Gasteiger partial charge in [-0.2, -0.15) is 0 Å². The van der Waals surface area contributed by atoms with Crippen molar-refractivity contribution >= 4 is 0 Å². The zero-order valence-electron chi connectivity index (χ0n) is 13.8. The highest BCUT2D eigenvalue weighted by Crippen LogP contribution is 2.27. The number of aliphatic hydroxyl groups is 1. The lowest BCUT2D eigenvalue weighted by atomic mass is 10.0. The average Bonchev–Trinajstić information content (AvgIpc) is 2.98. The molecule has 0 saturated carbocycles. The maximum absolute atomic E-state index is 9.86. The predicted molar refractivity (Wildman–Crippen MR) is 91.5 cm³/mol. The fourth-order valence-electron chi connectivity index (χ4n) is 2.92. The molecule has 0 unspecified atom stereocenters. The quantitative estimate of drug-likeness (QED) is 0.809. The smallest absolute Gasteiger partial charge is 0.117 e. The van der Waals surface area contributed by atoms with Crippen LogP contribution in [-0.4, -0.2) is 36.6 Å². The maximum Gasteiger partial charge on any atom is 0.117 e. The molecule has 2 aromatic rings. The Bertz CT molecular complexity index is 554. The molecule has 4 nitrogen and oxygen atoms in total. The second kappa shape index (κ2) is 8.40. The van der Waals surface area contributed by atoms with Gasteiger partial charge in [-0.15, -0.1) is 0 Å². The van der Waals surface area contributed by atoms with Crippen molar-refractivity contribution in [2.75, 3.05) is 19.8 Å². The van der Waals surface area contributed by atoms with E-state index in [4.69, 9.17) is 14.2 Å². The first kappa shape index (κ1) is 17.1. The van der Waals surface area contributed by atoms with E-state index in [1.807, 2.05) is 60.7 Å². The summed E-state index contributed by atoms with van der Waals surface area (Å²) in [7, 11) is 0. The van der Waals surface area contributed by atoms with Crippen LogP contribution < -0.4 is 0 Å². The van der Waals surface area contributed by atoms with E-state index in [9.17, 15) is 5.11 Å². The van der Waals surface area contributed by atoms with Gasteiger partial charge in [-0.25, -0.2) is 0 Å². The van der Waals surface area contributed by atoms with E-state index in [0.717, 1.165) is 11.1 Å². The molecule has 0 aliphatic carbocycles. The molecule has 0 bridgehead atoms. The molecule has 0 aromatic heterocycles. The summed E-state index contributed by atoms with van der Waals surface area (Å²) in [5.74, 6) is 0. The molecule has 1 heterocycles. The predicted octanol–water partition coefficient (Wildman–Crippen LogP) is 2.94. The minimum atomic E-state index is -0.566. The standard InChI is InChI=1S/C20H24O4/c21-19-11-20(24-14-19,15-22-12-17-7-3-1-4-8-17)16-23-13-18-9-5-2-6-10-18/h1-10,19,21H,11-16H2/t19-/m1/s1. The van der Waals surface area contributed by atoms with Gasteiger partial charge in [0, 0.05) is 6.42 Å². The topological polar surface area (TPSA) is 47.9 Å². The lowest BCUT2D eigenvalue weighted by molar-refractivity contribution is -0.113. The second-order valence-corrected chi connectivity index (χ2v) is 6.31. The van der Waals surface area contributed by atoms with Crippen LogP contribution in [0.3, 0.4) is 0 Å². The van der Waals surface area contributed by atoms with Gasteiger partial charge in [-0.05, 0) is 11.1 Å². The van der Waals surface area contributed by atoms with E-state index in [1.165, 1.54) is 0 Å². The Kier molecular flexibility index (Phi) is 5.99. The van der Waals surface area contributed by atoms with Gasteiger partial charge in [-0.3, -0.25) is 0 Å². The molecule has 0 spiro atoms. The number of hydrogen-bond acceptors (Lipinski definition) is 4. The molecule has 0 amide bonds. The molecule has 1 N–H and O–H groups in total. The van der Waals surface area contributed by atoms with Gasteiger partial charge < -0.3 is 19.3 Å². The van der Waals surface area contributed by atoms with Gasteiger partial charge in [0.15, 0.2) is 0 Å². The fraction of sp³-hybridized carbons (Fsp3) is 0.400. The molecule has 1 fully saturated rings. The minimum Gasteiger partial charge on any atom is -0.391 e. The molecule has 4 heteroatoms. The van der Waals surface area contributed by atoms with Crippen molar-refractivity contribution in [1.82, 2.24) is 0 Å². The summed E-state index contributed by atoms with van der Waals surface area (Å²) in [6, 6.07) is 20.1. The summed E-state index contributed by atoms with van der Waals surface area (Å²) in [6.07, 6.45) is 0.0852. The van der Waals surface area contributed by atoms with Crippen LogP contribution in [0.5, 0.6) is 0 Å². The minimum absolute atomic E-state index is 0.337. The average molecular weight is 328 g/mol. The Hall–Kier alpha value is -1.72. The molecular formula is C20H24O4. The van der Waals surface area contributed by atoms with Crippen LogP contribution in [0, 0.1) is 0 Å². The molecule has 1 aliphatic heterocycles. The first-order chi connectivity index (χ1) is 11.8.